The Morgan fingerprint density at radius 2 is 2.11 bits per heavy atom. The molecule has 1 N–H and O–H groups in total. The van der Waals surface area contributed by atoms with Gasteiger partial charge in [0.1, 0.15) is 0 Å². The molecule has 1 heterocycles. The normalized spacial score (nSPS) is 16.6. The predicted octanol–water partition coefficient (Wildman–Crippen LogP) is 2.65. The summed E-state index contributed by atoms with van der Waals surface area (Å²) in [5, 5.41) is 0. The lowest BCUT2D eigenvalue weighted by atomic mass is 10.0. The number of hydrogen-bond donors (Lipinski definition) is 1. The number of ether oxygens (including phenoxy) is 1. The maximum absolute atomic E-state index is 12.0. The van der Waals surface area contributed by atoms with Gasteiger partial charge in [-0.05, 0) is 36.5 Å². The van der Waals surface area contributed by atoms with Gasteiger partial charge in [0.15, 0.2) is 0 Å². The standard InChI is InChI=1S/C15H21NO3/c1-11(2)12-4-3-5-13(10-12)15(17)16-19-14-6-8-18-9-7-14/h3-5,10-11,14H,6-9H2,1-2H3,(H,16,17). The summed E-state index contributed by atoms with van der Waals surface area (Å²) in [6.45, 7) is 5.61. The molecule has 1 aromatic rings. The lowest BCUT2D eigenvalue weighted by Crippen LogP contribution is -2.33. The van der Waals surface area contributed by atoms with Crippen LogP contribution in [0.1, 0.15) is 48.5 Å². The Labute approximate surface area is 114 Å². The third kappa shape index (κ3) is 4.04. The molecule has 0 atom stereocenters. The van der Waals surface area contributed by atoms with Gasteiger partial charge in [0, 0.05) is 18.8 Å². The molecule has 19 heavy (non-hydrogen) atoms. The van der Waals surface area contributed by atoms with Gasteiger partial charge >= 0.3 is 0 Å². The van der Waals surface area contributed by atoms with Crippen molar-refractivity contribution in [3.05, 3.63) is 35.4 Å². The van der Waals surface area contributed by atoms with Gasteiger partial charge in [-0.1, -0.05) is 26.0 Å². The Hall–Kier alpha value is -1.39. The van der Waals surface area contributed by atoms with Crippen molar-refractivity contribution in [2.45, 2.75) is 38.7 Å². The van der Waals surface area contributed by atoms with Crippen molar-refractivity contribution in [1.29, 1.82) is 0 Å². The lowest BCUT2D eigenvalue weighted by molar-refractivity contribution is -0.0673. The van der Waals surface area contributed by atoms with Crippen LogP contribution in [0.25, 0.3) is 0 Å². The average Bonchev–Trinajstić information content (AvgIpc) is 2.46. The third-order valence-corrected chi connectivity index (χ3v) is 3.30. The summed E-state index contributed by atoms with van der Waals surface area (Å²) < 4.78 is 5.24. The summed E-state index contributed by atoms with van der Waals surface area (Å²) in [5.74, 6) is 0.221. The average molecular weight is 263 g/mol. The van der Waals surface area contributed by atoms with Crippen LogP contribution < -0.4 is 5.48 Å². The highest BCUT2D eigenvalue weighted by Gasteiger charge is 2.16. The van der Waals surface area contributed by atoms with Gasteiger partial charge in [-0.25, -0.2) is 5.48 Å². The van der Waals surface area contributed by atoms with Crippen LogP contribution in [0.2, 0.25) is 0 Å². The van der Waals surface area contributed by atoms with E-state index < -0.39 is 0 Å². The van der Waals surface area contributed by atoms with Crippen LogP contribution in [0.4, 0.5) is 0 Å². The van der Waals surface area contributed by atoms with Gasteiger partial charge in [-0.15, -0.1) is 0 Å². The van der Waals surface area contributed by atoms with Gasteiger partial charge < -0.3 is 4.74 Å². The van der Waals surface area contributed by atoms with E-state index in [0.717, 1.165) is 18.4 Å². The fraction of sp³-hybridized carbons (Fsp3) is 0.533. The second kappa shape index (κ2) is 6.68. The Balaban J connectivity index is 1.90. The highest BCUT2D eigenvalue weighted by atomic mass is 16.7. The molecular weight excluding hydrogens is 242 g/mol. The van der Waals surface area contributed by atoms with E-state index in [1.54, 1.807) is 6.07 Å². The fourth-order valence-electron chi connectivity index (χ4n) is 2.03. The molecule has 2 rings (SSSR count). The number of carbonyl (C=O) groups excluding carboxylic acids is 1. The van der Waals surface area contributed by atoms with Crippen molar-refractivity contribution in [1.82, 2.24) is 5.48 Å². The molecule has 0 aromatic heterocycles. The summed E-state index contributed by atoms with van der Waals surface area (Å²) in [6, 6.07) is 7.64. The van der Waals surface area contributed by atoms with Crippen LogP contribution in [-0.2, 0) is 9.57 Å². The summed E-state index contributed by atoms with van der Waals surface area (Å²) >= 11 is 0. The van der Waals surface area contributed by atoms with Crippen LogP contribution in [0.15, 0.2) is 24.3 Å². The van der Waals surface area contributed by atoms with Gasteiger partial charge in [-0.2, -0.15) is 0 Å². The van der Waals surface area contributed by atoms with E-state index in [-0.39, 0.29) is 12.0 Å². The molecule has 104 valence electrons. The number of nitrogens with one attached hydrogen (secondary N) is 1. The molecule has 1 saturated heterocycles. The lowest BCUT2D eigenvalue weighted by Gasteiger charge is -2.21. The van der Waals surface area contributed by atoms with Gasteiger partial charge in [-0.3, -0.25) is 9.63 Å². The predicted molar refractivity (Wildman–Crippen MR) is 72.9 cm³/mol. The van der Waals surface area contributed by atoms with E-state index in [1.165, 1.54) is 0 Å². The largest absolute Gasteiger partial charge is 0.381 e. The Morgan fingerprint density at radius 3 is 2.79 bits per heavy atom. The molecular formula is C15H21NO3. The quantitative estimate of drug-likeness (QED) is 0.850. The molecule has 4 heteroatoms. The first-order chi connectivity index (χ1) is 9.16. The molecule has 1 aliphatic rings. The summed E-state index contributed by atoms with van der Waals surface area (Å²) in [5.41, 5.74) is 4.33. The number of hydrogen-bond acceptors (Lipinski definition) is 3. The van der Waals surface area contributed by atoms with E-state index in [9.17, 15) is 4.79 Å². The SMILES string of the molecule is CC(C)c1cccc(C(=O)NOC2CCOCC2)c1. The molecule has 0 aliphatic carbocycles. The van der Waals surface area contributed by atoms with E-state index in [4.69, 9.17) is 9.57 Å². The van der Waals surface area contributed by atoms with Crippen LogP contribution in [0.3, 0.4) is 0 Å². The summed E-state index contributed by atoms with van der Waals surface area (Å²) in [7, 11) is 0. The van der Waals surface area contributed by atoms with Gasteiger partial charge in [0.25, 0.3) is 5.91 Å². The van der Waals surface area contributed by atoms with E-state index in [0.29, 0.717) is 24.7 Å². The molecule has 1 fully saturated rings. The van der Waals surface area contributed by atoms with Crippen LogP contribution in [0, 0.1) is 0 Å². The zero-order valence-electron chi connectivity index (χ0n) is 11.5. The Kier molecular flexibility index (Phi) is 4.93. The topological polar surface area (TPSA) is 47.6 Å². The second-order valence-corrected chi connectivity index (χ2v) is 5.14. The first kappa shape index (κ1) is 14.0. The summed E-state index contributed by atoms with van der Waals surface area (Å²) in [6.07, 6.45) is 1.71. The smallest absolute Gasteiger partial charge is 0.274 e. The molecule has 1 aliphatic heterocycles. The number of rotatable bonds is 4. The molecule has 1 amide bonds. The van der Waals surface area contributed by atoms with Crippen molar-refractivity contribution >= 4 is 5.91 Å². The van der Waals surface area contributed by atoms with E-state index >= 15 is 0 Å². The van der Waals surface area contributed by atoms with Gasteiger partial charge in [0.2, 0.25) is 0 Å². The molecule has 0 unspecified atom stereocenters. The minimum Gasteiger partial charge on any atom is -0.381 e. The number of benzene rings is 1. The first-order valence-corrected chi connectivity index (χ1v) is 6.80. The van der Waals surface area contributed by atoms with Gasteiger partial charge in [0.05, 0.1) is 6.10 Å². The maximum Gasteiger partial charge on any atom is 0.274 e. The Bertz CT molecular complexity index is 425. The third-order valence-electron chi connectivity index (χ3n) is 3.30. The van der Waals surface area contributed by atoms with Crippen molar-refractivity contribution in [3.63, 3.8) is 0 Å². The minimum absolute atomic E-state index is 0.0611. The maximum atomic E-state index is 12.0. The van der Waals surface area contributed by atoms with Crippen LogP contribution >= 0.6 is 0 Å². The monoisotopic (exact) mass is 263 g/mol. The molecule has 0 saturated carbocycles. The molecule has 1 aromatic carbocycles. The molecule has 0 radical (unpaired) electrons. The Morgan fingerprint density at radius 1 is 1.37 bits per heavy atom. The number of carbonyl (C=O) groups is 1. The van der Waals surface area contributed by atoms with Crippen molar-refractivity contribution in [2.75, 3.05) is 13.2 Å². The number of hydroxylamine groups is 1. The van der Waals surface area contributed by atoms with Crippen LogP contribution in [0.5, 0.6) is 0 Å². The van der Waals surface area contributed by atoms with E-state index in [2.05, 4.69) is 19.3 Å². The molecule has 0 spiro atoms. The second-order valence-electron chi connectivity index (χ2n) is 5.14. The summed E-state index contributed by atoms with van der Waals surface area (Å²) in [4.78, 5) is 17.4. The number of amides is 1. The highest BCUT2D eigenvalue weighted by Crippen LogP contribution is 2.16. The highest BCUT2D eigenvalue weighted by molar-refractivity contribution is 5.93. The van der Waals surface area contributed by atoms with Crippen molar-refractivity contribution < 1.29 is 14.4 Å². The fourth-order valence-corrected chi connectivity index (χ4v) is 2.03. The zero-order chi connectivity index (χ0) is 13.7. The van der Waals surface area contributed by atoms with Crippen molar-refractivity contribution in [3.8, 4) is 0 Å². The van der Waals surface area contributed by atoms with Crippen molar-refractivity contribution in [2.24, 2.45) is 0 Å². The molecule has 4 nitrogen and oxygen atoms in total. The zero-order valence-corrected chi connectivity index (χ0v) is 11.5. The van der Waals surface area contributed by atoms with Crippen LogP contribution in [-0.4, -0.2) is 25.2 Å². The first-order valence-electron chi connectivity index (χ1n) is 6.80. The van der Waals surface area contributed by atoms with E-state index in [1.807, 2.05) is 18.2 Å². The minimum atomic E-state index is -0.186. The molecule has 0 bridgehead atoms.